The summed E-state index contributed by atoms with van der Waals surface area (Å²) in [5.41, 5.74) is 1.22. The van der Waals surface area contributed by atoms with Crippen LogP contribution in [0.25, 0.3) is 0 Å². The first kappa shape index (κ1) is 27.5. The van der Waals surface area contributed by atoms with Crippen molar-refractivity contribution in [3.63, 3.8) is 0 Å². The molecule has 2 unspecified atom stereocenters. The van der Waals surface area contributed by atoms with Crippen molar-refractivity contribution in [2.45, 2.75) is 18.2 Å². The molecule has 4 rings (SSSR count). The van der Waals surface area contributed by atoms with Crippen molar-refractivity contribution in [3.8, 4) is 5.75 Å². The number of nitrogens with zero attached hydrogens (tertiary/aromatic N) is 2. The SMILES string of the molecule is Clc1ccc(C(OCc2ccc(Cl)cc2Cl)C(Cl)N2C=CN(CCOc3ccc(Cl)cc3Cl)C2)cc1. The Bertz CT molecular complexity index is 1210. The molecule has 0 spiro atoms. The first-order chi connectivity index (χ1) is 17.3. The predicted molar refractivity (Wildman–Crippen MR) is 150 cm³/mol. The number of hydrogen-bond donors (Lipinski definition) is 0. The number of alkyl halides is 1. The summed E-state index contributed by atoms with van der Waals surface area (Å²) in [6.45, 7) is 1.92. The van der Waals surface area contributed by atoms with E-state index in [0.717, 1.165) is 11.1 Å². The Hall–Kier alpha value is -1.50. The summed E-state index contributed by atoms with van der Waals surface area (Å²) < 4.78 is 12.1. The molecule has 1 aliphatic rings. The molecule has 4 nitrogen and oxygen atoms in total. The van der Waals surface area contributed by atoms with Gasteiger partial charge in [-0.1, -0.05) is 87.8 Å². The molecule has 36 heavy (non-hydrogen) atoms. The van der Waals surface area contributed by atoms with Crippen LogP contribution in [0.15, 0.2) is 73.1 Å². The summed E-state index contributed by atoms with van der Waals surface area (Å²) in [6, 6.07) is 17.9. The summed E-state index contributed by atoms with van der Waals surface area (Å²) in [4.78, 5) is 4.09. The van der Waals surface area contributed by atoms with Crippen LogP contribution in [0.5, 0.6) is 5.75 Å². The van der Waals surface area contributed by atoms with Crippen molar-refractivity contribution in [1.82, 2.24) is 9.80 Å². The Balaban J connectivity index is 1.38. The van der Waals surface area contributed by atoms with Crippen molar-refractivity contribution in [2.75, 3.05) is 19.8 Å². The minimum absolute atomic E-state index is 0.267. The van der Waals surface area contributed by atoms with Crippen molar-refractivity contribution in [3.05, 3.63) is 109 Å². The summed E-state index contributed by atoms with van der Waals surface area (Å²) in [6.07, 6.45) is 3.45. The molecule has 1 heterocycles. The molecule has 190 valence electrons. The van der Waals surface area contributed by atoms with Crippen LogP contribution in [-0.4, -0.2) is 35.1 Å². The fraction of sp³-hybridized carbons (Fsp3) is 0.231. The van der Waals surface area contributed by atoms with Gasteiger partial charge in [-0.15, -0.1) is 0 Å². The van der Waals surface area contributed by atoms with Gasteiger partial charge in [0.25, 0.3) is 0 Å². The van der Waals surface area contributed by atoms with Crippen LogP contribution >= 0.6 is 69.6 Å². The Kier molecular flexibility index (Phi) is 9.82. The van der Waals surface area contributed by atoms with E-state index in [-0.39, 0.29) is 6.61 Å². The lowest BCUT2D eigenvalue weighted by Crippen LogP contribution is -2.36. The van der Waals surface area contributed by atoms with Crippen LogP contribution in [0.4, 0.5) is 0 Å². The second kappa shape index (κ2) is 12.8. The standard InChI is InChI=1S/C26H22Cl6N2O2/c27-19-4-1-17(2-5-19)25(36-15-18-3-6-20(28)13-22(18)30)26(32)34-10-9-33(16-34)11-12-35-24-8-7-21(29)14-23(24)31/h1-10,13-14,25-26H,11-12,15-16H2. The molecule has 10 heteroatoms. The lowest BCUT2D eigenvalue weighted by atomic mass is 10.1. The quantitative estimate of drug-likeness (QED) is 0.170. The third-order valence-electron chi connectivity index (χ3n) is 5.54. The predicted octanol–water partition coefficient (Wildman–Crippen LogP) is 8.90. The van der Waals surface area contributed by atoms with Crippen LogP contribution in [0.3, 0.4) is 0 Å². The summed E-state index contributed by atoms with van der Waals surface area (Å²) in [5, 5.41) is 2.78. The van der Waals surface area contributed by atoms with Gasteiger partial charge in [0, 0.05) is 32.5 Å². The zero-order valence-corrected chi connectivity index (χ0v) is 23.4. The van der Waals surface area contributed by atoms with Crippen LogP contribution in [0, 0.1) is 0 Å². The van der Waals surface area contributed by atoms with Crippen LogP contribution < -0.4 is 4.74 Å². The molecule has 0 N–H and O–H groups in total. The zero-order chi connectivity index (χ0) is 25.7. The number of ether oxygens (including phenoxy) is 2. The van der Waals surface area contributed by atoms with Crippen LogP contribution in [-0.2, 0) is 11.3 Å². The van der Waals surface area contributed by atoms with E-state index in [2.05, 4.69) is 4.90 Å². The second-order valence-corrected chi connectivity index (χ2v) is 10.7. The highest BCUT2D eigenvalue weighted by Gasteiger charge is 2.29. The lowest BCUT2D eigenvalue weighted by Gasteiger charge is -2.31. The molecular weight excluding hydrogens is 585 g/mol. The molecule has 3 aromatic carbocycles. The van der Waals surface area contributed by atoms with E-state index in [1.165, 1.54) is 0 Å². The number of rotatable bonds is 10. The van der Waals surface area contributed by atoms with E-state index in [4.69, 9.17) is 79.1 Å². The fourth-order valence-electron chi connectivity index (χ4n) is 3.63. The Morgan fingerprint density at radius 1 is 0.778 bits per heavy atom. The number of hydrogen-bond acceptors (Lipinski definition) is 4. The van der Waals surface area contributed by atoms with Gasteiger partial charge in [-0.3, -0.25) is 0 Å². The maximum atomic E-state index is 6.96. The van der Waals surface area contributed by atoms with Crippen LogP contribution in [0.2, 0.25) is 25.1 Å². The minimum atomic E-state index is -0.495. The normalized spacial score (nSPS) is 14.8. The van der Waals surface area contributed by atoms with Gasteiger partial charge in [-0.2, -0.15) is 0 Å². The number of benzene rings is 3. The molecule has 3 aromatic rings. The van der Waals surface area contributed by atoms with Gasteiger partial charge < -0.3 is 19.3 Å². The topological polar surface area (TPSA) is 24.9 Å². The first-order valence-corrected chi connectivity index (χ1v) is 13.3. The van der Waals surface area contributed by atoms with E-state index in [1.54, 1.807) is 30.3 Å². The van der Waals surface area contributed by atoms with E-state index < -0.39 is 11.6 Å². The van der Waals surface area contributed by atoms with Gasteiger partial charge in [0.2, 0.25) is 0 Å². The third kappa shape index (κ3) is 7.29. The van der Waals surface area contributed by atoms with Gasteiger partial charge in [-0.05, 0) is 53.6 Å². The van der Waals surface area contributed by atoms with Crippen molar-refractivity contribution >= 4 is 69.6 Å². The minimum Gasteiger partial charge on any atom is -0.490 e. The highest BCUT2D eigenvalue weighted by Crippen LogP contribution is 2.33. The second-order valence-electron chi connectivity index (χ2n) is 8.08. The van der Waals surface area contributed by atoms with Crippen LogP contribution in [0.1, 0.15) is 17.2 Å². The summed E-state index contributed by atoms with van der Waals surface area (Å²) in [7, 11) is 0. The van der Waals surface area contributed by atoms with Gasteiger partial charge in [0.1, 0.15) is 24.0 Å². The summed E-state index contributed by atoms with van der Waals surface area (Å²) in [5.74, 6) is 0.591. The summed E-state index contributed by atoms with van der Waals surface area (Å²) >= 11 is 37.6. The molecule has 0 aliphatic carbocycles. The molecule has 0 bridgehead atoms. The Labute approximate surface area is 240 Å². The smallest absolute Gasteiger partial charge is 0.138 e. The van der Waals surface area contributed by atoms with Gasteiger partial charge >= 0.3 is 0 Å². The molecule has 0 saturated heterocycles. The third-order valence-corrected chi connectivity index (χ3v) is 7.39. The van der Waals surface area contributed by atoms with Crippen molar-refractivity contribution in [1.29, 1.82) is 0 Å². The van der Waals surface area contributed by atoms with E-state index in [0.29, 0.717) is 50.7 Å². The Morgan fingerprint density at radius 2 is 1.44 bits per heavy atom. The molecule has 0 fully saturated rings. The van der Waals surface area contributed by atoms with Gasteiger partial charge in [-0.25, -0.2) is 0 Å². The van der Waals surface area contributed by atoms with Gasteiger partial charge in [0.15, 0.2) is 0 Å². The average molecular weight is 607 g/mol. The molecule has 2 atom stereocenters. The van der Waals surface area contributed by atoms with Crippen molar-refractivity contribution in [2.24, 2.45) is 0 Å². The maximum Gasteiger partial charge on any atom is 0.138 e. The first-order valence-electron chi connectivity index (χ1n) is 11.0. The maximum absolute atomic E-state index is 6.96. The highest BCUT2D eigenvalue weighted by molar-refractivity contribution is 6.35. The fourth-order valence-corrected chi connectivity index (χ4v) is 5.03. The highest BCUT2D eigenvalue weighted by atomic mass is 35.5. The molecule has 0 aromatic heterocycles. The average Bonchev–Trinajstić information content (AvgIpc) is 3.32. The van der Waals surface area contributed by atoms with E-state index >= 15 is 0 Å². The zero-order valence-electron chi connectivity index (χ0n) is 18.9. The van der Waals surface area contributed by atoms with E-state index in [1.807, 2.05) is 47.6 Å². The van der Waals surface area contributed by atoms with E-state index in [9.17, 15) is 0 Å². The lowest BCUT2D eigenvalue weighted by molar-refractivity contribution is 0.00651. The molecular formula is C26H22Cl6N2O2. The molecule has 1 aliphatic heterocycles. The number of halogens is 6. The largest absolute Gasteiger partial charge is 0.490 e. The van der Waals surface area contributed by atoms with Gasteiger partial charge in [0.05, 0.1) is 24.8 Å². The molecule has 0 amide bonds. The Morgan fingerprint density at radius 3 is 2.14 bits per heavy atom. The van der Waals surface area contributed by atoms with Crippen molar-refractivity contribution < 1.29 is 9.47 Å². The molecule has 0 saturated carbocycles. The molecule has 0 radical (unpaired) electrons. The monoisotopic (exact) mass is 604 g/mol.